The van der Waals surface area contributed by atoms with Gasteiger partial charge in [-0.2, -0.15) is 0 Å². The Balaban J connectivity index is 1.81. The Morgan fingerprint density at radius 2 is 2.04 bits per heavy atom. The molecule has 0 fully saturated rings. The Kier molecular flexibility index (Phi) is 3.89. The van der Waals surface area contributed by atoms with E-state index in [0.29, 0.717) is 39.5 Å². The predicted octanol–water partition coefficient (Wildman–Crippen LogP) is 4.05. The second-order valence-electron chi connectivity index (χ2n) is 5.63. The van der Waals surface area contributed by atoms with Crippen molar-refractivity contribution in [3.05, 3.63) is 60.0 Å². The molecule has 0 bridgehead atoms. The summed E-state index contributed by atoms with van der Waals surface area (Å²) in [7, 11) is 1.55. The number of hydrogen-bond donors (Lipinski definition) is 1. The summed E-state index contributed by atoms with van der Waals surface area (Å²) in [6, 6.07) is 12.4. The van der Waals surface area contributed by atoms with Crippen molar-refractivity contribution in [2.24, 2.45) is 0 Å². The fourth-order valence-corrected chi connectivity index (χ4v) is 2.76. The molecule has 1 aromatic carbocycles. The van der Waals surface area contributed by atoms with Gasteiger partial charge in [-0.05, 0) is 37.3 Å². The Bertz CT molecular complexity index is 1080. The van der Waals surface area contributed by atoms with Crippen molar-refractivity contribution in [2.45, 2.75) is 6.92 Å². The Morgan fingerprint density at radius 1 is 1.19 bits per heavy atom. The molecule has 4 rings (SSSR count). The van der Waals surface area contributed by atoms with Crippen LogP contribution >= 0.6 is 0 Å². The van der Waals surface area contributed by atoms with Gasteiger partial charge in [-0.25, -0.2) is 4.98 Å². The van der Waals surface area contributed by atoms with Gasteiger partial charge < -0.3 is 19.0 Å². The number of aromatic nitrogens is 2. The van der Waals surface area contributed by atoms with Gasteiger partial charge in [0, 0.05) is 0 Å². The molecule has 4 aromatic rings. The molecule has 0 aliphatic heterocycles. The lowest BCUT2D eigenvalue weighted by Gasteiger charge is -2.10. The molecule has 0 saturated heterocycles. The molecule has 3 aromatic heterocycles. The summed E-state index contributed by atoms with van der Waals surface area (Å²) in [6.07, 6.45) is 1.54. The van der Waals surface area contributed by atoms with E-state index in [1.807, 2.05) is 12.1 Å². The number of carbonyl (C=O) groups is 1. The van der Waals surface area contributed by atoms with Crippen LogP contribution < -0.4 is 10.1 Å². The van der Waals surface area contributed by atoms with Gasteiger partial charge in [-0.15, -0.1) is 0 Å². The van der Waals surface area contributed by atoms with Crippen LogP contribution in [0.25, 0.3) is 22.6 Å². The summed E-state index contributed by atoms with van der Waals surface area (Å²) < 4.78 is 15.9. The number of ether oxygens (including phenoxy) is 1. The number of benzene rings is 1. The number of furan rings is 1. The van der Waals surface area contributed by atoms with Gasteiger partial charge in [0.25, 0.3) is 11.6 Å². The standard InChI is InChI=1S/C19H15N3O4/c1-11-17-12(18(23)20-13-6-3-4-7-15(13)24-2)10-14(16-8-5-9-25-16)21-19(17)26-22-11/h3-10H,1-2H3,(H,20,23). The number of methoxy groups -OCH3 is 1. The summed E-state index contributed by atoms with van der Waals surface area (Å²) in [4.78, 5) is 17.4. The van der Waals surface area contributed by atoms with E-state index in [9.17, 15) is 4.79 Å². The molecule has 26 heavy (non-hydrogen) atoms. The lowest BCUT2D eigenvalue weighted by molar-refractivity contribution is 0.102. The number of aryl methyl sites for hydroxylation is 1. The third-order valence-electron chi connectivity index (χ3n) is 3.99. The van der Waals surface area contributed by atoms with Crippen molar-refractivity contribution in [1.82, 2.24) is 10.1 Å². The van der Waals surface area contributed by atoms with E-state index in [4.69, 9.17) is 13.7 Å². The van der Waals surface area contributed by atoms with Crippen molar-refractivity contribution < 1.29 is 18.5 Å². The van der Waals surface area contributed by atoms with E-state index in [-0.39, 0.29) is 11.6 Å². The Labute approximate surface area is 148 Å². The fourth-order valence-electron chi connectivity index (χ4n) is 2.76. The number of amides is 1. The van der Waals surface area contributed by atoms with Gasteiger partial charge in [0.2, 0.25) is 0 Å². The van der Waals surface area contributed by atoms with E-state index in [0.717, 1.165) is 0 Å². The van der Waals surface area contributed by atoms with Crippen molar-refractivity contribution in [3.63, 3.8) is 0 Å². The summed E-state index contributed by atoms with van der Waals surface area (Å²) >= 11 is 0. The summed E-state index contributed by atoms with van der Waals surface area (Å²) in [5, 5.41) is 7.36. The maximum absolute atomic E-state index is 13.0. The monoisotopic (exact) mass is 349 g/mol. The number of pyridine rings is 1. The Morgan fingerprint density at radius 3 is 2.81 bits per heavy atom. The molecule has 3 heterocycles. The average Bonchev–Trinajstić information content (AvgIpc) is 3.32. The van der Waals surface area contributed by atoms with Crippen LogP contribution in [-0.4, -0.2) is 23.2 Å². The number of para-hydroxylation sites is 2. The number of nitrogens with one attached hydrogen (secondary N) is 1. The quantitative estimate of drug-likeness (QED) is 0.598. The minimum absolute atomic E-state index is 0.279. The lowest BCUT2D eigenvalue weighted by atomic mass is 10.1. The maximum atomic E-state index is 13.0. The second kappa shape index (κ2) is 6.36. The number of nitrogens with zero attached hydrogens (tertiary/aromatic N) is 2. The molecular weight excluding hydrogens is 334 g/mol. The zero-order chi connectivity index (χ0) is 18.1. The molecule has 7 heteroatoms. The zero-order valence-electron chi connectivity index (χ0n) is 14.1. The number of carbonyl (C=O) groups excluding carboxylic acids is 1. The molecule has 7 nitrogen and oxygen atoms in total. The number of anilines is 1. The van der Waals surface area contributed by atoms with E-state index in [1.54, 1.807) is 50.6 Å². The third-order valence-corrected chi connectivity index (χ3v) is 3.99. The molecule has 1 amide bonds. The molecule has 0 radical (unpaired) electrons. The summed E-state index contributed by atoms with van der Waals surface area (Å²) in [6.45, 7) is 1.76. The topological polar surface area (TPSA) is 90.4 Å². The molecular formula is C19H15N3O4. The summed E-state index contributed by atoms with van der Waals surface area (Å²) in [5.74, 6) is 0.785. The Hall–Kier alpha value is -3.61. The number of hydrogen-bond acceptors (Lipinski definition) is 6. The zero-order valence-corrected chi connectivity index (χ0v) is 14.1. The lowest BCUT2D eigenvalue weighted by Crippen LogP contribution is -2.13. The first-order valence-electron chi connectivity index (χ1n) is 7.92. The minimum atomic E-state index is -0.319. The second-order valence-corrected chi connectivity index (χ2v) is 5.63. The van der Waals surface area contributed by atoms with Crippen molar-refractivity contribution in [2.75, 3.05) is 12.4 Å². The summed E-state index contributed by atoms with van der Waals surface area (Å²) in [5.41, 5.74) is 2.32. The van der Waals surface area contributed by atoms with Gasteiger partial charge in [0.1, 0.15) is 11.4 Å². The average molecular weight is 349 g/mol. The first-order valence-corrected chi connectivity index (χ1v) is 7.92. The highest BCUT2D eigenvalue weighted by Crippen LogP contribution is 2.29. The van der Waals surface area contributed by atoms with Crippen molar-refractivity contribution in [3.8, 4) is 17.2 Å². The van der Waals surface area contributed by atoms with Crippen LogP contribution in [0.5, 0.6) is 5.75 Å². The minimum Gasteiger partial charge on any atom is -0.495 e. The largest absolute Gasteiger partial charge is 0.495 e. The smallest absolute Gasteiger partial charge is 0.259 e. The third kappa shape index (κ3) is 2.69. The maximum Gasteiger partial charge on any atom is 0.259 e. The van der Waals surface area contributed by atoms with Crippen LogP contribution in [-0.2, 0) is 0 Å². The molecule has 0 aliphatic carbocycles. The van der Waals surface area contributed by atoms with Gasteiger partial charge in [-0.1, -0.05) is 17.3 Å². The number of rotatable bonds is 4. The highest BCUT2D eigenvalue weighted by molar-refractivity contribution is 6.13. The molecule has 0 atom stereocenters. The molecule has 0 unspecified atom stereocenters. The van der Waals surface area contributed by atoms with Crippen LogP contribution in [0, 0.1) is 6.92 Å². The van der Waals surface area contributed by atoms with Crippen LogP contribution in [0.15, 0.2) is 57.7 Å². The molecule has 130 valence electrons. The van der Waals surface area contributed by atoms with Crippen molar-refractivity contribution >= 4 is 22.7 Å². The van der Waals surface area contributed by atoms with E-state index >= 15 is 0 Å². The van der Waals surface area contributed by atoms with E-state index in [1.165, 1.54) is 0 Å². The van der Waals surface area contributed by atoms with Crippen LogP contribution in [0.1, 0.15) is 16.1 Å². The SMILES string of the molecule is COc1ccccc1NC(=O)c1cc(-c2ccco2)nc2onc(C)c12. The molecule has 1 N–H and O–H groups in total. The van der Waals surface area contributed by atoms with Gasteiger partial charge in [0.15, 0.2) is 5.76 Å². The van der Waals surface area contributed by atoms with Crippen LogP contribution in [0.2, 0.25) is 0 Å². The number of fused-ring (bicyclic) bond motifs is 1. The van der Waals surface area contributed by atoms with Crippen molar-refractivity contribution in [1.29, 1.82) is 0 Å². The molecule has 0 saturated carbocycles. The van der Waals surface area contributed by atoms with Gasteiger partial charge >= 0.3 is 0 Å². The highest BCUT2D eigenvalue weighted by Gasteiger charge is 2.21. The normalized spacial score (nSPS) is 10.8. The van der Waals surface area contributed by atoms with Gasteiger partial charge in [-0.3, -0.25) is 4.79 Å². The van der Waals surface area contributed by atoms with E-state index in [2.05, 4.69) is 15.5 Å². The highest BCUT2D eigenvalue weighted by atomic mass is 16.5. The fraction of sp³-hybridized carbons (Fsp3) is 0.105. The first kappa shape index (κ1) is 15.9. The van der Waals surface area contributed by atoms with Crippen LogP contribution in [0.3, 0.4) is 0 Å². The first-order chi connectivity index (χ1) is 12.7. The van der Waals surface area contributed by atoms with Crippen LogP contribution in [0.4, 0.5) is 5.69 Å². The van der Waals surface area contributed by atoms with Gasteiger partial charge in [0.05, 0.1) is 35.7 Å². The molecule has 0 spiro atoms. The van der Waals surface area contributed by atoms with E-state index < -0.39 is 0 Å². The molecule has 0 aliphatic rings. The predicted molar refractivity (Wildman–Crippen MR) is 95.2 cm³/mol.